The van der Waals surface area contributed by atoms with Crippen molar-refractivity contribution in [2.24, 2.45) is 5.92 Å². The van der Waals surface area contributed by atoms with E-state index < -0.39 is 0 Å². The number of piperidine rings is 1. The van der Waals surface area contributed by atoms with E-state index in [2.05, 4.69) is 0 Å². The van der Waals surface area contributed by atoms with Crippen molar-refractivity contribution in [1.29, 1.82) is 0 Å². The van der Waals surface area contributed by atoms with Crippen molar-refractivity contribution in [1.82, 2.24) is 9.80 Å². The number of likely N-dealkylation sites (tertiary alicyclic amines) is 1. The summed E-state index contributed by atoms with van der Waals surface area (Å²) in [4.78, 5) is 28.7. The minimum Gasteiger partial charge on any atom is -0.346 e. The van der Waals surface area contributed by atoms with Gasteiger partial charge in [-0.05, 0) is 17.5 Å². The molecule has 0 N–H and O–H groups in total. The first-order chi connectivity index (χ1) is 12.1. The molecule has 1 aliphatic heterocycles. The van der Waals surface area contributed by atoms with E-state index in [-0.39, 0.29) is 17.7 Å². The molecule has 1 saturated heterocycles. The summed E-state index contributed by atoms with van der Waals surface area (Å²) in [5.74, 6) is -0.0748. The summed E-state index contributed by atoms with van der Waals surface area (Å²) < 4.78 is 0. The predicted molar refractivity (Wildman–Crippen MR) is 97.5 cm³/mol. The van der Waals surface area contributed by atoms with Gasteiger partial charge < -0.3 is 9.80 Å². The average Bonchev–Trinajstić information content (AvgIpc) is 2.64. The summed E-state index contributed by atoms with van der Waals surface area (Å²) in [6.45, 7) is 1.78. The Labute approximate surface area is 149 Å². The number of rotatable bonds is 5. The summed E-state index contributed by atoms with van der Waals surface area (Å²) in [6.07, 6.45) is 1.05. The van der Waals surface area contributed by atoms with Crippen LogP contribution < -0.4 is 0 Å². The van der Waals surface area contributed by atoms with Crippen molar-refractivity contribution in [2.45, 2.75) is 25.9 Å². The second kappa shape index (κ2) is 7.97. The molecule has 1 heterocycles. The van der Waals surface area contributed by atoms with E-state index in [0.717, 1.165) is 17.5 Å². The summed E-state index contributed by atoms with van der Waals surface area (Å²) in [5, 5.41) is 0. The van der Waals surface area contributed by atoms with Crippen LogP contribution in [0.25, 0.3) is 0 Å². The van der Waals surface area contributed by atoms with Gasteiger partial charge in [0.2, 0.25) is 11.8 Å². The second-order valence-corrected chi connectivity index (χ2v) is 6.67. The number of carbonyl (C=O) groups excluding carboxylic acids is 2. The van der Waals surface area contributed by atoms with Crippen molar-refractivity contribution >= 4 is 11.8 Å². The standard InChI is InChI=1S/C21H24N2O2/c1-22-13-12-19(14-20(22)24)21(25)23(15-17-8-4-2-5-9-17)16-18-10-6-3-7-11-18/h2-11,19H,12-16H2,1H3/t19-/m1/s1. The molecule has 0 saturated carbocycles. The Kier molecular flexibility index (Phi) is 5.49. The van der Waals surface area contributed by atoms with Crippen molar-refractivity contribution in [2.75, 3.05) is 13.6 Å². The number of hydrogen-bond donors (Lipinski definition) is 0. The molecule has 1 atom stereocenters. The second-order valence-electron chi connectivity index (χ2n) is 6.67. The van der Waals surface area contributed by atoms with Gasteiger partial charge in [0.1, 0.15) is 0 Å². The lowest BCUT2D eigenvalue weighted by Crippen LogP contribution is -2.43. The van der Waals surface area contributed by atoms with E-state index in [1.807, 2.05) is 65.6 Å². The predicted octanol–water partition coefficient (Wildman–Crippen LogP) is 3.08. The van der Waals surface area contributed by atoms with Gasteiger partial charge in [0.15, 0.2) is 0 Å². The molecule has 0 radical (unpaired) electrons. The van der Waals surface area contributed by atoms with Gasteiger partial charge in [-0.2, -0.15) is 0 Å². The molecule has 0 aliphatic carbocycles. The molecule has 2 amide bonds. The van der Waals surface area contributed by atoms with Gasteiger partial charge in [-0.25, -0.2) is 0 Å². The molecular formula is C21H24N2O2. The highest BCUT2D eigenvalue weighted by Gasteiger charge is 2.31. The lowest BCUT2D eigenvalue weighted by Gasteiger charge is -2.32. The molecule has 130 valence electrons. The third kappa shape index (κ3) is 4.47. The highest BCUT2D eigenvalue weighted by Crippen LogP contribution is 2.22. The first-order valence-electron chi connectivity index (χ1n) is 8.74. The zero-order valence-electron chi connectivity index (χ0n) is 14.6. The van der Waals surface area contributed by atoms with Crippen LogP contribution in [0.4, 0.5) is 0 Å². The van der Waals surface area contributed by atoms with Crippen LogP contribution in [0.3, 0.4) is 0 Å². The molecule has 3 rings (SSSR count). The molecule has 1 fully saturated rings. The molecule has 4 heteroatoms. The van der Waals surface area contributed by atoms with Gasteiger partial charge in [0.05, 0.1) is 0 Å². The van der Waals surface area contributed by atoms with Gasteiger partial charge in [-0.1, -0.05) is 60.7 Å². The van der Waals surface area contributed by atoms with E-state index >= 15 is 0 Å². The summed E-state index contributed by atoms with van der Waals surface area (Å²) >= 11 is 0. The Morgan fingerprint density at radius 3 is 2.00 bits per heavy atom. The van der Waals surface area contributed by atoms with E-state index in [0.29, 0.717) is 26.1 Å². The molecule has 4 nitrogen and oxygen atoms in total. The lowest BCUT2D eigenvalue weighted by atomic mass is 9.94. The smallest absolute Gasteiger partial charge is 0.226 e. The summed E-state index contributed by atoms with van der Waals surface area (Å²) in [7, 11) is 1.80. The fraction of sp³-hybridized carbons (Fsp3) is 0.333. The van der Waals surface area contributed by atoms with E-state index in [1.165, 1.54) is 0 Å². The molecule has 1 aliphatic rings. The number of benzene rings is 2. The fourth-order valence-electron chi connectivity index (χ4n) is 3.23. The highest BCUT2D eigenvalue weighted by molar-refractivity contribution is 5.86. The normalized spacial score (nSPS) is 17.4. The maximum absolute atomic E-state index is 13.1. The van der Waals surface area contributed by atoms with Crippen LogP contribution in [0.2, 0.25) is 0 Å². The van der Waals surface area contributed by atoms with Gasteiger partial charge in [-0.15, -0.1) is 0 Å². The third-order valence-electron chi connectivity index (χ3n) is 4.75. The van der Waals surface area contributed by atoms with Gasteiger partial charge in [-0.3, -0.25) is 9.59 Å². The maximum Gasteiger partial charge on any atom is 0.226 e. The van der Waals surface area contributed by atoms with Crippen LogP contribution in [0.1, 0.15) is 24.0 Å². The van der Waals surface area contributed by atoms with Crippen LogP contribution in [-0.4, -0.2) is 35.2 Å². The Morgan fingerprint density at radius 2 is 1.52 bits per heavy atom. The molecule has 0 bridgehead atoms. The zero-order chi connectivity index (χ0) is 17.6. The van der Waals surface area contributed by atoms with Crippen molar-refractivity contribution in [3.8, 4) is 0 Å². The number of amides is 2. The molecule has 25 heavy (non-hydrogen) atoms. The molecule has 2 aromatic rings. The topological polar surface area (TPSA) is 40.6 Å². The molecule has 0 spiro atoms. The Balaban J connectivity index is 1.77. The summed E-state index contributed by atoms with van der Waals surface area (Å²) in [5.41, 5.74) is 2.21. The van der Waals surface area contributed by atoms with Crippen LogP contribution in [0, 0.1) is 5.92 Å². The minimum absolute atomic E-state index is 0.0592. The van der Waals surface area contributed by atoms with Crippen molar-refractivity contribution in [3.05, 3.63) is 71.8 Å². The first-order valence-corrected chi connectivity index (χ1v) is 8.74. The van der Waals surface area contributed by atoms with Crippen LogP contribution in [0.5, 0.6) is 0 Å². The number of carbonyl (C=O) groups is 2. The zero-order valence-corrected chi connectivity index (χ0v) is 14.6. The maximum atomic E-state index is 13.1. The Hall–Kier alpha value is -2.62. The van der Waals surface area contributed by atoms with Crippen molar-refractivity contribution in [3.63, 3.8) is 0 Å². The van der Waals surface area contributed by atoms with E-state index in [4.69, 9.17) is 0 Å². The Morgan fingerprint density at radius 1 is 1.00 bits per heavy atom. The highest BCUT2D eigenvalue weighted by atomic mass is 16.2. The van der Waals surface area contributed by atoms with Gasteiger partial charge in [0.25, 0.3) is 0 Å². The third-order valence-corrected chi connectivity index (χ3v) is 4.75. The number of hydrogen-bond acceptors (Lipinski definition) is 2. The van der Waals surface area contributed by atoms with Crippen LogP contribution in [0.15, 0.2) is 60.7 Å². The van der Waals surface area contributed by atoms with Gasteiger partial charge in [0, 0.05) is 39.0 Å². The van der Waals surface area contributed by atoms with E-state index in [9.17, 15) is 9.59 Å². The van der Waals surface area contributed by atoms with Gasteiger partial charge >= 0.3 is 0 Å². The minimum atomic E-state index is -0.212. The van der Waals surface area contributed by atoms with Crippen LogP contribution in [-0.2, 0) is 22.7 Å². The average molecular weight is 336 g/mol. The molecule has 2 aromatic carbocycles. The monoisotopic (exact) mass is 336 g/mol. The quantitative estimate of drug-likeness (QED) is 0.842. The lowest BCUT2D eigenvalue weighted by molar-refractivity contribution is -0.145. The SMILES string of the molecule is CN1CC[C@@H](C(=O)N(Cc2ccccc2)Cc2ccccc2)CC1=O. The van der Waals surface area contributed by atoms with E-state index in [1.54, 1.807) is 11.9 Å². The number of nitrogens with zero attached hydrogens (tertiary/aromatic N) is 2. The Bertz CT molecular complexity index is 674. The molecule has 0 aromatic heterocycles. The first kappa shape index (κ1) is 17.2. The fourth-order valence-corrected chi connectivity index (χ4v) is 3.23. The van der Waals surface area contributed by atoms with Crippen molar-refractivity contribution < 1.29 is 9.59 Å². The van der Waals surface area contributed by atoms with Crippen LogP contribution >= 0.6 is 0 Å². The molecule has 0 unspecified atom stereocenters. The molecular weight excluding hydrogens is 312 g/mol. The summed E-state index contributed by atoms with van der Waals surface area (Å²) in [6, 6.07) is 20.0. The largest absolute Gasteiger partial charge is 0.346 e.